The van der Waals surface area contributed by atoms with Crippen LogP contribution in [0.1, 0.15) is 22.3 Å². The Bertz CT molecular complexity index is 830. The number of aryl methyl sites for hydroxylation is 1. The van der Waals surface area contributed by atoms with Crippen molar-refractivity contribution in [1.29, 1.82) is 0 Å². The normalized spacial score (nSPS) is 24.5. The highest BCUT2D eigenvalue weighted by atomic mass is 16.2. The SMILES string of the molecule is Cc1cccc(-c2ccccc2C(=O)N2C[C@@H]3CC3[C@H]2C(N)=O)c1. The van der Waals surface area contributed by atoms with E-state index in [0.717, 1.165) is 23.1 Å². The van der Waals surface area contributed by atoms with E-state index in [1.807, 2.05) is 49.4 Å². The molecule has 0 bridgehead atoms. The fraction of sp³-hybridized carbons (Fsp3) is 0.300. The fourth-order valence-corrected chi connectivity index (χ4v) is 3.93. The van der Waals surface area contributed by atoms with Crippen molar-refractivity contribution in [2.24, 2.45) is 17.6 Å². The molecule has 1 heterocycles. The molecule has 4 rings (SSSR count). The Labute approximate surface area is 141 Å². The highest BCUT2D eigenvalue weighted by Crippen LogP contribution is 2.50. The molecule has 0 radical (unpaired) electrons. The number of hydrogen-bond acceptors (Lipinski definition) is 2. The molecule has 122 valence electrons. The van der Waals surface area contributed by atoms with E-state index in [2.05, 4.69) is 6.07 Å². The predicted octanol–water partition coefficient (Wildman–Crippen LogP) is 2.61. The zero-order chi connectivity index (χ0) is 16.8. The minimum atomic E-state index is -0.451. The minimum absolute atomic E-state index is 0.0943. The van der Waals surface area contributed by atoms with Gasteiger partial charge in [0.15, 0.2) is 0 Å². The van der Waals surface area contributed by atoms with Crippen LogP contribution in [0.25, 0.3) is 11.1 Å². The van der Waals surface area contributed by atoms with Crippen molar-refractivity contribution in [3.8, 4) is 11.1 Å². The van der Waals surface area contributed by atoms with Gasteiger partial charge in [-0.05, 0) is 42.4 Å². The number of carbonyl (C=O) groups is 2. The first-order chi connectivity index (χ1) is 11.6. The Morgan fingerprint density at radius 3 is 2.67 bits per heavy atom. The molecule has 2 fully saturated rings. The number of piperidine rings is 1. The van der Waals surface area contributed by atoms with Crippen LogP contribution >= 0.6 is 0 Å². The second kappa shape index (κ2) is 5.48. The molecule has 1 aliphatic heterocycles. The molecule has 0 spiro atoms. The van der Waals surface area contributed by atoms with Crippen molar-refractivity contribution in [2.45, 2.75) is 19.4 Å². The van der Waals surface area contributed by atoms with Gasteiger partial charge in [-0.25, -0.2) is 0 Å². The summed E-state index contributed by atoms with van der Waals surface area (Å²) in [5.41, 5.74) is 9.25. The van der Waals surface area contributed by atoms with Crippen LogP contribution in [0.2, 0.25) is 0 Å². The van der Waals surface area contributed by atoms with E-state index in [1.54, 1.807) is 4.90 Å². The van der Waals surface area contributed by atoms with E-state index in [4.69, 9.17) is 5.73 Å². The predicted molar refractivity (Wildman–Crippen MR) is 92.2 cm³/mol. The molecule has 1 aliphatic carbocycles. The van der Waals surface area contributed by atoms with Gasteiger partial charge < -0.3 is 10.6 Å². The zero-order valence-electron chi connectivity index (χ0n) is 13.6. The van der Waals surface area contributed by atoms with Gasteiger partial charge in [-0.1, -0.05) is 48.0 Å². The number of likely N-dealkylation sites (tertiary alicyclic amines) is 1. The first kappa shape index (κ1) is 14.9. The highest BCUT2D eigenvalue weighted by Gasteiger charge is 2.56. The van der Waals surface area contributed by atoms with Crippen molar-refractivity contribution < 1.29 is 9.59 Å². The van der Waals surface area contributed by atoms with Crippen molar-refractivity contribution in [3.63, 3.8) is 0 Å². The van der Waals surface area contributed by atoms with Gasteiger partial charge in [0.25, 0.3) is 5.91 Å². The average Bonchev–Trinajstić information content (AvgIpc) is 3.23. The Hall–Kier alpha value is -2.62. The summed E-state index contributed by atoms with van der Waals surface area (Å²) >= 11 is 0. The number of fused-ring (bicyclic) bond motifs is 1. The van der Waals surface area contributed by atoms with E-state index in [0.29, 0.717) is 18.0 Å². The van der Waals surface area contributed by atoms with Gasteiger partial charge in [0.1, 0.15) is 6.04 Å². The minimum Gasteiger partial charge on any atom is -0.368 e. The van der Waals surface area contributed by atoms with Gasteiger partial charge in [0.2, 0.25) is 5.91 Å². The standard InChI is InChI=1S/C20H20N2O2/c1-12-5-4-6-13(9-12)15-7-2-3-8-16(15)20(24)22-11-14-10-17(14)18(22)19(21)23/h2-9,14,17-18H,10-11H2,1H3,(H2,21,23)/t14-,17?,18-/m0/s1. The highest BCUT2D eigenvalue weighted by molar-refractivity contribution is 6.03. The van der Waals surface area contributed by atoms with E-state index in [9.17, 15) is 9.59 Å². The summed E-state index contributed by atoms with van der Waals surface area (Å²) in [6.07, 6.45) is 1.01. The third kappa shape index (κ3) is 2.39. The van der Waals surface area contributed by atoms with Crippen LogP contribution in [0.4, 0.5) is 0 Å². The Morgan fingerprint density at radius 2 is 1.92 bits per heavy atom. The van der Waals surface area contributed by atoms with Crippen LogP contribution in [0.3, 0.4) is 0 Å². The van der Waals surface area contributed by atoms with Crippen LogP contribution in [-0.2, 0) is 4.79 Å². The number of benzene rings is 2. The molecule has 3 atom stereocenters. The van der Waals surface area contributed by atoms with E-state index in [1.165, 1.54) is 0 Å². The molecule has 24 heavy (non-hydrogen) atoms. The zero-order valence-corrected chi connectivity index (χ0v) is 13.6. The number of carbonyl (C=O) groups excluding carboxylic acids is 2. The topological polar surface area (TPSA) is 63.4 Å². The third-order valence-electron chi connectivity index (χ3n) is 5.19. The maximum Gasteiger partial charge on any atom is 0.255 e. The first-order valence-electron chi connectivity index (χ1n) is 8.32. The number of primary amides is 1. The summed E-state index contributed by atoms with van der Waals surface area (Å²) in [6, 6.07) is 15.2. The van der Waals surface area contributed by atoms with Crippen molar-refractivity contribution >= 4 is 11.8 Å². The molecule has 2 amide bonds. The first-order valence-corrected chi connectivity index (χ1v) is 8.32. The summed E-state index contributed by atoms with van der Waals surface area (Å²) in [6.45, 7) is 2.67. The number of rotatable bonds is 3. The van der Waals surface area contributed by atoms with E-state index in [-0.39, 0.29) is 17.7 Å². The van der Waals surface area contributed by atoms with Crippen molar-refractivity contribution in [2.75, 3.05) is 6.54 Å². The molecular formula is C20H20N2O2. The van der Waals surface area contributed by atoms with Crippen LogP contribution in [0, 0.1) is 18.8 Å². The fourth-order valence-electron chi connectivity index (χ4n) is 3.93. The summed E-state index contributed by atoms with van der Waals surface area (Å²) < 4.78 is 0. The molecule has 2 aromatic carbocycles. The number of hydrogen-bond donors (Lipinski definition) is 1. The number of nitrogens with two attached hydrogens (primary N) is 1. The van der Waals surface area contributed by atoms with Crippen LogP contribution in [0.15, 0.2) is 48.5 Å². The molecule has 2 N–H and O–H groups in total. The largest absolute Gasteiger partial charge is 0.368 e. The monoisotopic (exact) mass is 320 g/mol. The molecule has 1 saturated heterocycles. The third-order valence-corrected chi connectivity index (χ3v) is 5.19. The van der Waals surface area contributed by atoms with E-state index >= 15 is 0 Å². The van der Waals surface area contributed by atoms with Gasteiger partial charge in [-0.15, -0.1) is 0 Å². The maximum absolute atomic E-state index is 13.1. The van der Waals surface area contributed by atoms with Crippen LogP contribution < -0.4 is 5.73 Å². The molecular weight excluding hydrogens is 300 g/mol. The molecule has 4 heteroatoms. The molecule has 2 aromatic rings. The van der Waals surface area contributed by atoms with Gasteiger partial charge in [-0.2, -0.15) is 0 Å². The van der Waals surface area contributed by atoms with Gasteiger partial charge in [0.05, 0.1) is 0 Å². The lowest BCUT2D eigenvalue weighted by Crippen LogP contribution is -2.46. The van der Waals surface area contributed by atoms with Crippen LogP contribution in [-0.4, -0.2) is 29.3 Å². The molecule has 2 aliphatic rings. The van der Waals surface area contributed by atoms with Crippen LogP contribution in [0.5, 0.6) is 0 Å². The molecule has 4 nitrogen and oxygen atoms in total. The number of amides is 2. The smallest absolute Gasteiger partial charge is 0.255 e. The second-order valence-electron chi connectivity index (χ2n) is 6.88. The number of nitrogens with zero attached hydrogens (tertiary/aromatic N) is 1. The Balaban J connectivity index is 1.72. The molecule has 0 aromatic heterocycles. The maximum atomic E-state index is 13.1. The summed E-state index contributed by atoms with van der Waals surface area (Å²) in [4.78, 5) is 26.6. The molecule has 1 saturated carbocycles. The average molecular weight is 320 g/mol. The van der Waals surface area contributed by atoms with Crippen molar-refractivity contribution in [1.82, 2.24) is 4.90 Å². The summed E-state index contributed by atoms with van der Waals surface area (Å²) in [5, 5.41) is 0. The summed E-state index contributed by atoms with van der Waals surface area (Å²) in [5.74, 6) is 0.222. The Kier molecular flexibility index (Phi) is 3.41. The van der Waals surface area contributed by atoms with Crippen molar-refractivity contribution in [3.05, 3.63) is 59.7 Å². The Morgan fingerprint density at radius 1 is 1.12 bits per heavy atom. The lowest BCUT2D eigenvalue weighted by molar-refractivity contribution is -0.122. The lowest BCUT2D eigenvalue weighted by Gasteiger charge is -2.26. The lowest BCUT2D eigenvalue weighted by atomic mass is 9.97. The second-order valence-corrected chi connectivity index (χ2v) is 6.88. The summed E-state index contributed by atoms with van der Waals surface area (Å²) in [7, 11) is 0. The quantitative estimate of drug-likeness (QED) is 0.945. The van der Waals surface area contributed by atoms with Gasteiger partial charge >= 0.3 is 0 Å². The van der Waals surface area contributed by atoms with Gasteiger partial charge in [0, 0.05) is 12.1 Å². The van der Waals surface area contributed by atoms with Gasteiger partial charge in [-0.3, -0.25) is 9.59 Å². The van der Waals surface area contributed by atoms with E-state index < -0.39 is 6.04 Å². The molecule has 1 unspecified atom stereocenters.